The molecule has 7 nitrogen and oxygen atoms in total. The highest BCUT2D eigenvalue weighted by Gasteiger charge is 2.20. The van der Waals surface area contributed by atoms with Gasteiger partial charge in [0.15, 0.2) is 5.13 Å². The van der Waals surface area contributed by atoms with Crippen molar-refractivity contribution >= 4 is 50.8 Å². The summed E-state index contributed by atoms with van der Waals surface area (Å²) in [6.45, 7) is 1.86. The average Bonchev–Trinajstić information content (AvgIpc) is 3.26. The number of rotatable bonds is 7. The quantitative estimate of drug-likeness (QED) is 0.392. The van der Waals surface area contributed by atoms with Crippen LogP contribution in [0.2, 0.25) is 0 Å². The maximum absolute atomic E-state index is 12.7. The predicted molar refractivity (Wildman–Crippen MR) is 126 cm³/mol. The molecule has 1 aliphatic heterocycles. The van der Waals surface area contributed by atoms with E-state index in [0.717, 1.165) is 52.1 Å². The standard InChI is InChI=1S/C22H22N4O3S2/c27-26(28)18-6-1-16(2-7-18)3-8-19-15-24-22(30-19)25-17-4-9-20(10-5-17)31(29)21-11-13-23-14-12-21/h1-10,15,21,23H,11-14H2,(H,24,25)/b8-3+. The Bertz CT molecular complexity index is 1090. The van der Waals surface area contributed by atoms with Gasteiger partial charge in [0.2, 0.25) is 0 Å². The molecule has 1 atom stereocenters. The second kappa shape index (κ2) is 9.95. The van der Waals surface area contributed by atoms with Crippen molar-refractivity contribution in [3.05, 3.63) is 75.3 Å². The minimum absolute atomic E-state index is 0.0760. The Balaban J connectivity index is 1.36. The first-order valence-corrected chi connectivity index (χ1v) is 12.0. The van der Waals surface area contributed by atoms with Crippen LogP contribution < -0.4 is 10.6 Å². The van der Waals surface area contributed by atoms with Gasteiger partial charge in [0.25, 0.3) is 5.69 Å². The van der Waals surface area contributed by atoms with Gasteiger partial charge in [-0.05, 0) is 74.0 Å². The molecule has 31 heavy (non-hydrogen) atoms. The Kier molecular flexibility index (Phi) is 6.86. The lowest BCUT2D eigenvalue weighted by Crippen LogP contribution is -2.33. The summed E-state index contributed by atoms with van der Waals surface area (Å²) in [6.07, 6.45) is 7.49. The number of non-ortho nitro benzene ring substituents is 1. The molecule has 2 heterocycles. The molecule has 1 aromatic heterocycles. The van der Waals surface area contributed by atoms with Crippen molar-refractivity contribution in [1.82, 2.24) is 10.3 Å². The number of hydrogen-bond acceptors (Lipinski definition) is 7. The van der Waals surface area contributed by atoms with Gasteiger partial charge in [-0.25, -0.2) is 4.98 Å². The minimum Gasteiger partial charge on any atom is -0.332 e. The molecule has 9 heteroatoms. The summed E-state index contributed by atoms with van der Waals surface area (Å²) in [5, 5.41) is 18.3. The van der Waals surface area contributed by atoms with Crippen LogP contribution in [0.5, 0.6) is 0 Å². The molecular formula is C22H22N4O3S2. The largest absolute Gasteiger partial charge is 0.332 e. The molecule has 4 rings (SSSR count). The van der Waals surface area contributed by atoms with Gasteiger partial charge in [0, 0.05) is 39.0 Å². The van der Waals surface area contributed by atoms with E-state index in [0.29, 0.717) is 0 Å². The van der Waals surface area contributed by atoms with E-state index in [4.69, 9.17) is 0 Å². The molecule has 2 N–H and O–H groups in total. The molecule has 0 bridgehead atoms. The number of hydrogen-bond donors (Lipinski definition) is 2. The highest BCUT2D eigenvalue weighted by molar-refractivity contribution is 7.85. The Labute approximate surface area is 186 Å². The lowest BCUT2D eigenvalue weighted by Gasteiger charge is -2.22. The number of thiazole rings is 1. The van der Waals surface area contributed by atoms with Crippen LogP contribution in [0.15, 0.2) is 59.6 Å². The number of nitro groups is 1. The molecule has 3 aromatic rings. The second-order valence-corrected chi connectivity index (χ2v) is 9.94. The fraction of sp³-hybridized carbons (Fsp3) is 0.227. The number of aromatic nitrogens is 1. The summed E-state index contributed by atoms with van der Waals surface area (Å²) in [6, 6.07) is 14.1. The summed E-state index contributed by atoms with van der Waals surface area (Å²) in [5.74, 6) is 0. The number of benzene rings is 2. The lowest BCUT2D eigenvalue weighted by atomic mass is 10.2. The third-order valence-electron chi connectivity index (χ3n) is 4.99. The zero-order valence-electron chi connectivity index (χ0n) is 16.7. The SMILES string of the molecule is O=[N+]([O-])c1ccc(/C=C/c2cnc(Nc3ccc(S(=O)C4CCNCC4)cc3)s2)cc1. The molecular weight excluding hydrogens is 432 g/mol. The minimum atomic E-state index is -0.973. The summed E-state index contributed by atoms with van der Waals surface area (Å²) in [7, 11) is -0.973. The van der Waals surface area contributed by atoms with Crippen LogP contribution in [-0.2, 0) is 10.8 Å². The van der Waals surface area contributed by atoms with Crippen molar-refractivity contribution in [1.29, 1.82) is 0 Å². The summed E-state index contributed by atoms with van der Waals surface area (Å²) in [4.78, 5) is 16.5. The molecule has 2 aromatic carbocycles. The lowest BCUT2D eigenvalue weighted by molar-refractivity contribution is -0.384. The van der Waals surface area contributed by atoms with Gasteiger partial charge in [-0.3, -0.25) is 14.3 Å². The average molecular weight is 455 g/mol. The van der Waals surface area contributed by atoms with E-state index in [2.05, 4.69) is 15.6 Å². The molecule has 1 aliphatic rings. The Morgan fingerprint density at radius 1 is 1.10 bits per heavy atom. The summed E-state index contributed by atoms with van der Waals surface area (Å²) >= 11 is 1.50. The molecule has 160 valence electrons. The van der Waals surface area contributed by atoms with E-state index in [1.165, 1.54) is 23.5 Å². The molecule has 0 aliphatic carbocycles. The maximum Gasteiger partial charge on any atom is 0.269 e. The maximum atomic E-state index is 12.7. The fourth-order valence-corrected chi connectivity index (χ4v) is 5.50. The highest BCUT2D eigenvalue weighted by atomic mass is 32.2. The monoisotopic (exact) mass is 454 g/mol. The van der Waals surface area contributed by atoms with Gasteiger partial charge in [-0.2, -0.15) is 0 Å². The summed E-state index contributed by atoms with van der Waals surface area (Å²) in [5.41, 5.74) is 1.85. The van der Waals surface area contributed by atoms with E-state index in [-0.39, 0.29) is 10.9 Å². The predicted octanol–water partition coefficient (Wildman–Crippen LogP) is 4.82. The third-order valence-corrected chi connectivity index (χ3v) is 7.69. The smallest absolute Gasteiger partial charge is 0.269 e. The molecule has 1 saturated heterocycles. The van der Waals surface area contributed by atoms with Crippen LogP contribution in [0, 0.1) is 10.1 Å². The molecule has 1 unspecified atom stereocenters. The van der Waals surface area contributed by atoms with E-state index in [1.807, 2.05) is 36.4 Å². The van der Waals surface area contributed by atoms with Crippen molar-refractivity contribution in [2.45, 2.75) is 23.0 Å². The van der Waals surface area contributed by atoms with Crippen LogP contribution in [0.3, 0.4) is 0 Å². The van der Waals surface area contributed by atoms with Crippen molar-refractivity contribution < 1.29 is 9.13 Å². The van der Waals surface area contributed by atoms with E-state index in [1.54, 1.807) is 18.3 Å². The van der Waals surface area contributed by atoms with Gasteiger partial charge in [-0.15, -0.1) is 0 Å². The van der Waals surface area contributed by atoms with Crippen LogP contribution in [-0.4, -0.2) is 32.5 Å². The zero-order chi connectivity index (χ0) is 21.6. The van der Waals surface area contributed by atoms with Crippen LogP contribution in [0.25, 0.3) is 12.2 Å². The Morgan fingerprint density at radius 3 is 2.48 bits per heavy atom. The first-order valence-electron chi connectivity index (χ1n) is 9.95. The number of anilines is 2. The van der Waals surface area contributed by atoms with Gasteiger partial charge >= 0.3 is 0 Å². The van der Waals surface area contributed by atoms with Gasteiger partial charge < -0.3 is 10.6 Å². The Hall–Kier alpha value is -2.88. The van der Waals surface area contributed by atoms with Crippen molar-refractivity contribution in [2.75, 3.05) is 18.4 Å². The van der Waals surface area contributed by atoms with E-state index < -0.39 is 15.7 Å². The summed E-state index contributed by atoms with van der Waals surface area (Å²) < 4.78 is 12.7. The number of piperidine rings is 1. The molecule has 0 amide bonds. The molecule has 0 saturated carbocycles. The van der Waals surface area contributed by atoms with E-state index in [9.17, 15) is 14.3 Å². The van der Waals surface area contributed by atoms with Crippen LogP contribution >= 0.6 is 11.3 Å². The van der Waals surface area contributed by atoms with E-state index >= 15 is 0 Å². The normalized spacial score (nSPS) is 15.7. The van der Waals surface area contributed by atoms with Crippen LogP contribution in [0.1, 0.15) is 23.3 Å². The van der Waals surface area contributed by atoms with Gasteiger partial charge in [-0.1, -0.05) is 17.4 Å². The zero-order valence-corrected chi connectivity index (χ0v) is 18.3. The molecule has 0 spiro atoms. The van der Waals surface area contributed by atoms with Crippen LogP contribution in [0.4, 0.5) is 16.5 Å². The molecule has 0 radical (unpaired) electrons. The van der Waals surface area contributed by atoms with Gasteiger partial charge in [0.1, 0.15) is 0 Å². The molecule has 1 fully saturated rings. The number of nitro benzene ring substituents is 1. The Morgan fingerprint density at radius 2 is 1.81 bits per heavy atom. The fourth-order valence-electron chi connectivity index (χ4n) is 3.30. The van der Waals surface area contributed by atoms with Gasteiger partial charge in [0.05, 0.1) is 15.7 Å². The second-order valence-electron chi connectivity index (χ2n) is 7.15. The number of nitrogens with zero attached hydrogens (tertiary/aromatic N) is 2. The van der Waals surface area contributed by atoms with Crippen molar-refractivity contribution in [2.24, 2.45) is 0 Å². The van der Waals surface area contributed by atoms with Crippen molar-refractivity contribution in [3.8, 4) is 0 Å². The number of nitrogens with one attached hydrogen (secondary N) is 2. The topological polar surface area (TPSA) is 97.2 Å². The first kappa shape index (κ1) is 21.4. The van der Waals surface area contributed by atoms with Crippen molar-refractivity contribution in [3.63, 3.8) is 0 Å². The third kappa shape index (κ3) is 5.63. The highest BCUT2D eigenvalue weighted by Crippen LogP contribution is 2.26. The first-order chi connectivity index (χ1) is 15.1.